The Labute approximate surface area is 154 Å². The third-order valence-electron chi connectivity index (χ3n) is 6.12. The molecule has 1 amide bonds. The molecular weight excluding hydrogens is 312 g/mol. The van der Waals surface area contributed by atoms with Crippen LogP contribution >= 0.6 is 0 Å². The summed E-state index contributed by atoms with van der Waals surface area (Å²) in [6, 6.07) is 0. The summed E-state index contributed by atoms with van der Waals surface area (Å²) in [7, 11) is 2.22. The number of nitrogens with zero attached hydrogens (tertiary/aromatic N) is 4. The summed E-state index contributed by atoms with van der Waals surface area (Å²) < 4.78 is 0. The third-order valence-corrected chi connectivity index (χ3v) is 6.12. The minimum atomic E-state index is 0.225. The third kappa shape index (κ3) is 5.41. The predicted molar refractivity (Wildman–Crippen MR) is 103 cm³/mol. The monoisotopic (exact) mass is 350 g/mol. The first-order chi connectivity index (χ1) is 12.0. The van der Waals surface area contributed by atoms with Gasteiger partial charge in [-0.15, -0.1) is 0 Å². The molecule has 0 radical (unpaired) electrons. The fourth-order valence-electron chi connectivity index (χ4n) is 4.87. The predicted octanol–water partition coefficient (Wildman–Crippen LogP) is 1.45. The maximum atomic E-state index is 13.0. The van der Waals surface area contributed by atoms with Crippen LogP contribution in [0.15, 0.2) is 0 Å². The van der Waals surface area contributed by atoms with E-state index in [1.807, 2.05) is 0 Å². The molecule has 0 aromatic rings. The smallest absolute Gasteiger partial charge is 0.226 e. The molecule has 144 valence electrons. The molecule has 0 saturated carbocycles. The van der Waals surface area contributed by atoms with Crippen LogP contribution in [0.25, 0.3) is 0 Å². The van der Waals surface area contributed by atoms with Gasteiger partial charge in [0.05, 0.1) is 5.92 Å². The van der Waals surface area contributed by atoms with Gasteiger partial charge in [0.15, 0.2) is 0 Å². The molecule has 25 heavy (non-hydrogen) atoms. The van der Waals surface area contributed by atoms with Crippen LogP contribution in [0.3, 0.4) is 0 Å². The zero-order valence-corrected chi connectivity index (χ0v) is 16.6. The lowest BCUT2D eigenvalue weighted by molar-refractivity contribution is -0.137. The van der Waals surface area contributed by atoms with Crippen molar-refractivity contribution in [1.82, 2.24) is 19.6 Å². The van der Waals surface area contributed by atoms with E-state index in [2.05, 4.69) is 40.5 Å². The van der Waals surface area contributed by atoms with Gasteiger partial charge in [0.25, 0.3) is 0 Å². The Hall–Kier alpha value is -0.650. The van der Waals surface area contributed by atoms with Gasteiger partial charge in [0, 0.05) is 65.4 Å². The minimum Gasteiger partial charge on any atom is -0.342 e. The molecule has 5 heteroatoms. The van der Waals surface area contributed by atoms with Crippen molar-refractivity contribution in [2.75, 3.05) is 72.5 Å². The maximum Gasteiger partial charge on any atom is 0.226 e. The fourth-order valence-corrected chi connectivity index (χ4v) is 4.87. The Morgan fingerprint density at radius 2 is 1.64 bits per heavy atom. The number of likely N-dealkylation sites (N-methyl/N-ethyl adjacent to an activating group) is 1. The molecule has 5 nitrogen and oxygen atoms in total. The van der Waals surface area contributed by atoms with Crippen LogP contribution in [0.2, 0.25) is 0 Å². The highest BCUT2D eigenvalue weighted by Crippen LogP contribution is 2.27. The molecule has 3 fully saturated rings. The Morgan fingerprint density at radius 3 is 2.28 bits per heavy atom. The molecule has 0 aromatic carbocycles. The van der Waals surface area contributed by atoms with Crippen LogP contribution in [0, 0.1) is 17.8 Å². The Bertz CT molecular complexity index is 427. The van der Waals surface area contributed by atoms with Crippen molar-refractivity contribution >= 4 is 5.91 Å². The van der Waals surface area contributed by atoms with Gasteiger partial charge in [0.2, 0.25) is 5.91 Å². The lowest BCUT2D eigenvalue weighted by atomic mass is 9.87. The average molecular weight is 351 g/mol. The molecule has 3 aliphatic heterocycles. The molecule has 3 saturated heterocycles. The number of carbonyl (C=O) groups is 1. The highest BCUT2D eigenvalue weighted by molar-refractivity contribution is 5.79. The molecule has 3 heterocycles. The minimum absolute atomic E-state index is 0.225. The summed E-state index contributed by atoms with van der Waals surface area (Å²) in [6.45, 7) is 15.7. The number of piperazine rings is 1. The second kappa shape index (κ2) is 8.83. The fraction of sp³-hybridized carbons (Fsp3) is 0.950. The second-order valence-corrected chi connectivity index (χ2v) is 9.05. The number of amides is 1. The molecule has 0 aliphatic carbocycles. The van der Waals surface area contributed by atoms with Crippen molar-refractivity contribution < 1.29 is 4.79 Å². The lowest BCUT2D eigenvalue weighted by Gasteiger charge is -2.42. The van der Waals surface area contributed by atoms with Gasteiger partial charge in [-0.25, -0.2) is 0 Å². The second-order valence-electron chi connectivity index (χ2n) is 9.05. The Balaban J connectivity index is 1.59. The van der Waals surface area contributed by atoms with Crippen LogP contribution in [0.5, 0.6) is 0 Å². The average Bonchev–Trinajstić information content (AvgIpc) is 3.10. The van der Waals surface area contributed by atoms with E-state index in [0.717, 1.165) is 32.6 Å². The van der Waals surface area contributed by atoms with Crippen molar-refractivity contribution in [3.05, 3.63) is 0 Å². The van der Waals surface area contributed by atoms with E-state index in [0.29, 0.717) is 17.7 Å². The van der Waals surface area contributed by atoms with E-state index in [9.17, 15) is 4.79 Å². The standard InChI is InChI=1S/C20H38N4O/c1-17(2)13-23-15-18(14-22-10-8-21(3)9-11-22)12-19(16-23)20(25)24-6-4-5-7-24/h17-19H,4-16H2,1-3H3/t18-,19-/m1/s1. The Morgan fingerprint density at radius 1 is 0.960 bits per heavy atom. The van der Waals surface area contributed by atoms with Crippen molar-refractivity contribution in [3.8, 4) is 0 Å². The number of likely N-dealkylation sites (tertiary alicyclic amines) is 2. The van der Waals surface area contributed by atoms with Crippen LogP contribution in [-0.4, -0.2) is 98.0 Å². The van der Waals surface area contributed by atoms with Crippen molar-refractivity contribution in [3.63, 3.8) is 0 Å². The van der Waals surface area contributed by atoms with Gasteiger partial charge in [-0.05, 0) is 38.1 Å². The zero-order valence-electron chi connectivity index (χ0n) is 16.6. The number of rotatable bonds is 5. The topological polar surface area (TPSA) is 30.0 Å². The van der Waals surface area contributed by atoms with E-state index < -0.39 is 0 Å². The summed E-state index contributed by atoms with van der Waals surface area (Å²) in [4.78, 5) is 22.7. The molecule has 0 N–H and O–H groups in total. The lowest BCUT2D eigenvalue weighted by Crippen LogP contribution is -2.52. The first kappa shape index (κ1) is 19.1. The molecule has 0 aromatic heterocycles. The van der Waals surface area contributed by atoms with Gasteiger partial charge in [0.1, 0.15) is 0 Å². The van der Waals surface area contributed by atoms with E-state index in [1.165, 1.54) is 52.1 Å². The van der Waals surface area contributed by atoms with E-state index in [1.54, 1.807) is 0 Å². The van der Waals surface area contributed by atoms with Crippen LogP contribution < -0.4 is 0 Å². The van der Waals surface area contributed by atoms with Gasteiger partial charge < -0.3 is 19.6 Å². The number of carbonyl (C=O) groups excluding carboxylic acids is 1. The summed E-state index contributed by atoms with van der Waals surface area (Å²) in [5, 5.41) is 0. The van der Waals surface area contributed by atoms with Gasteiger partial charge >= 0.3 is 0 Å². The highest BCUT2D eigenvalue weighted by atomic mass is 16.2. The Kier molecular flexibility index (Phi) is 6.75. The normalized spacial score (nSPS) is 30.3. The molecular formula is C20H38N4O. The molecule has 3 aliphatic rings. The van der Waals surface area contributed by atoms with Gasteiger partial charge in [-0.1, -0.05) is 13.8 Å². The maximum absolute atomic E-state index is 13.0. The number of hydrogen-bond acceptors (Lipinski definition) is 4. The molecule has 0 unspecified atom stereocenters. The largest absolute Gasteiger partial charge is 0.342 e. The van der Waals surface area contributed by atoms with Crippen molar-refractivity contribution in [2.45, 2.75) is 33.1 Å². The van der Waals surface area contributed by atoms with E-state index >= 15 is 0 Å². The first-order valence-corrected chi connectivity index (χ1v) is 10.4. The van der Waals surface area contributed by atoms with Crippen LogP contribution in [0.4, 0.5) is 0 Å². The molecule has 0 spiro atoms. The first-order valence-electron chi connectivity index (χ1n) is 10.4. The number of piperidine rings is 1. The SMILES string of the molecule is CC(C)CN1C[C@@H](CN2CCN(C)CC2)C[C@@H](C(=O)N2CCCC2)C1. The van der Waals surface area contributed by atoms with Gasteiger partial charge in [-0.2, -0.15) is 0 Å². The van der Waals surface area contributed by atoms with E-state index in [-0.39, 0.29) is 5.92 Å². The van der Waals surface area contributed by atoms with Crippen LogP contribution in [0.1, 0.15) is 33.1 Å². The summed E-state index contributed by atoms with van der Waals surface area (Å²) >= 11 is 0. The highest BCUT2D eigenvalue weighted by Gasteiger charge is 2.35. The summed E-state index contributed by atoms with van der Waals surface area (Å²) in [5.74, 6) is 1.98. The molecule has 3 rings (SSSR count). The summed E-state index contributed by atoms with van der Waals surface area (Å²) in [6.07, 6.45) is 3.48. The molecule has 0 bridgehead atoms. The quantitative estimate of drug-likeness (QED) is 0.751. The summed E-state index contributed by atoms with van der Waals surface area (Å²) in [5.41, 5.74) is 0. The number of hydrogen-bond donors (Lipinski definition) is 0. The van der Waals surface area contributed by atoms with Crippen molar-refractivity contribution in [2.24, 2.45) is 17.8 Å². The van der Waals surface area contributed by atoms with Crippen LogP contribution in [-0.2, 0) is 4.79 Å². The van der Waals surface area contributed by atoms with Gasteiger partial charge in [-0.3, -0.25) is 4.79 Å². The zero-order chi connectivity index (χ0) is 17.8. The van der Waals surface area contributed by atoms with E-state index in [4.69, 9.17) is 0 Å². The van der Waals surface area contributed by atoms with Crippen molar-refractivity contribution in [1.29, 1.82) is 0 Å². The molecule has 2 atom stereocenters.